The summed E-state index contributed by atoms with van der Waals surface area (Å²) in [6.07, 6.45) is -4.17. The first-order valence-corrected chi connectivity index (χ1v) is 9.95. The maximum absolute atomic E-state index is 13.0. The van der Waals surface area contributed by atoms with Gasteiger partial charge in [-0.25, -0.2) is 4.98 Å². The molecule has 0 aliphatic carbocycles. The monoisotopic (exact) mass is 432 g/mol. The fraction of sp³-hybridized carbons (Fsp3) is 0.353. The van der Waals surface area contributed by atoms with E-state index < -0.39 is 23.3 Å². The summed E-state index contributed by atoms with van der Waals surface area (Å²) in [4.78, 5) is 29.8. The van der Waals surface area contributed by atoms with Gasteiger partial charge in [-0.05, 0) is 31.2 Å². The number of carbonyl (C=O) groups is 1. The molecule has 2 aromatic rings. The summed E-state index contributed by atoms with van der Waals surface area (Å²) < 4.78 is 46.9. The molecule has 1 aromatic carbocycles. The fourth-order valence-corrected chi connectivity index (χ4v) is 4.56. The highest BCUT2D eigenvalue weighted by molar-refractivity contribution is 8.00. The highest BCUT2D eigenvalue weighted by Gasteiger charge is 2.31. The van der Waals surface area contributed by atoms with Crippen LogP contribution in [0.1, 0.15) is 12.6 Å². The van der Waals surface area contributed by atoms with Gasteiger partial charge in [0.2, 0.25) is 0 Å². The second-order valence-corrected chi connectivity index (χ2v) is 8.15. The number of halogens is 3. The van der Waals surface area contributed by atoms with E-state index in [9.17, 15) is 22.8 Å². The average Bonchev–Trinajstić information content (AvgIpc) is 3.10. The highest BCUT2D eigenvalue weighted by Crippen LogP contribution is 2.32. The summed E-state index contributed by atoms with van der Waals surface area (Å²) in [6, 6.07) is 4.91. The Hall–Kier alpha value is -2.14. The van der Waals surface area contributed by atoms with Crippen molar-refractivity contribution < 1.29 is 27.4 Å². The Morgan fingerprint density at radius 3 is 2.61 bits per heavy atom. The number of nitrogens with zero attached hydrogens (tertiary/aromatic N) is 2. The quantitative estimate of drug-likeness (QED) is 0.407. The van der Waals surface area contributed by atoms with Crippen LogP contribution >= 0.6 is 23.5 Å². The smallest absolute Gasteiger partial charge is 0.468 e. The average molecular weight is 432 g/mol. The predicted molar refractivity (Wildman–Crippen MR) is 98.3 cm³/mol. The molecule has 0 saturated heterocycles. The van der Waals surface area contributed by atoms with Gasteiger partial charge in [-0.2, -0.15) is 0 Å². The molecular weight excluding hydrogens is 417 g/mol. The van der Waals surface area contributed by atoms with Crippen molar-refractivity contribution in [1.29, 1.82) is 0 Å². The van der Waals surface area contributed by atoms with Gasteiger partial charge in [0.25, 0.3) is 5.56 Å². The van der Waals surface area contributed by atoms with E-state index >= 15 is 0 Å². The van der Waals surface area contributed by atoms with Gasteiger partial charge in [0.1, 0.15) is 11.0 Å². The predicted octanol–water partition coefficient (Wildman–Crippen LogP) is 3.43. The van der Waals surface area contributed by atoms with Gasteiger partial charge in [0.15, 0.2) is 5.16 Å². The number of ether oxygens (including phenoxy) is 2. The maximum atomic E-state index is 13.0. The van der Waals surface area contributed by atoms with Crippen LogP contribution in [0.15, 0.2) is 39.1 Å². The van der Waals surface area contributed by atoms with Crippen molar-refractivity contribution >= 4 is 29.5 Å². The van der Waals surface area contributed by atoms with Crippen molar-refractivity contribution in [3.8, 4) is 11.4 Å². The molecule has 0 fully saturated rings. The first-order chi connectivity index (χ1) is 13.2. The van der Waals surface area contributed by atoms with E-state index in [1.807, 2.05) is 0 Å². The molecule has 0 amide bonds. The van der Waals surface area contributed by atoms with Crippen molar-refractivity contribution in [2.75, 3.05) is 12.9 Å². The van der Waals surface area contributed by atoms with Gasteiger partial charge in [-0.1, -0.05) is 11.8 Å². The molecule has 28 heavy (non-hydrogen) atoms. The molecule has 0 saturated carbocycles. The van der Waals surface area contributed by atoms with E-state index in [1.54, 1.807) is 6.92 Å². The number of aryl methyl sites for hydroxylation is 1. The molecule has 3 rings (SSSR count). The summed E-state index contributed by atoms with van der Waals surface area (Å²) in [5.74, 6) is -0.157. The third-order valence-corrected chi connectivity index (χ3v) is 5.95. The van der Waals surface area contributed by atoms with Gasteiger partial charge in [-0.15, -0.1) is 24.9 Å². The lowest BCUT2D eigenvalue weighted by atomic mass is 10.3. The lowest BCUT2D eigenvalue weighted by molar-refractivity contribution is -0.274. The molecule has 1 aliphatic heterocycles. The van der Waals surface area contributed by atoms with Crippen molar-refractivity contribution in [2.24, 2.45) is 0 Å². The number of esters is 1. The summed E-state index contributed by atoms with van der Waals surface area (Å²) in [5.41, 5.74) is 0.654. The maximum Gasteiger partial charge on any atom is 0.573 e. The molecule has 0 radical (unpaired) electrons. The molecular formula is C17H15F3N2O4S2. The molecule has 1 aromatic heterocycles. The van der Waals surface area contributed by atoms with Gasteiger partial charge in [0.05, 0.1) is 23.4 Å². The SMILES string of the molecule is COC(=O)[C@@H](C)Sc1nc2c(c(=O)n1-c1ccc(OC(F)(F)F)cc1)SCC2. The Bertz CT molecular complexity index is 945. The molecule has 2 heterocycles. The zero-order valence-corrected chi connectivity index (χ0v) is 16.4. The number of methoxy groups -OCH3 is 1. The Kier molecular flexibility index (Phi) is 5.94. The number of hydrogen-bond donors (Lipinski definition) is 0. The van der Waals surface area contributed by atoms with Crippen LogP contribution < -0.4 is 10.3 Å². The molecule has 1 atom stereocenters. The molecule has 0 N–H and O–H groups in total. The van der Waals surface area contributed by atoms with E-state index in [2.05, 4.69) is 9.72 Å². The zero-order chi connectivity index (χ0) is 20.5. The van der Waals surface area contributed by atoms with Gasteiger partial charge < -0.3 is 9.47 Å². The van der Waals surface area contributed by atoms with Crippen LogP contribution in [-0.2, 0) is 16.0 Å². The zero-order valence-electron chi connectivity index (χ0n) is 14.8. The van der Waals surface area contributed by atoms with E-state index in [1.165, 1.54) is 35.6 Å². The van der Waals surface area contributed by atoms with Crippen LogP contribution in [0.4, 0.5) is 13.2 Å². The van der Waals surface area contributed by atoms with Crippen LogP contribution in [0.25, 0.3) is 5.69 Å². The fourth-order valence-electron chi connectivity index (χ4n) is 2.57. The molecule has 11 heteroatoms. The molecule has 150 valence electrons. The summed E-state index contributed by atoms with van der Waals surface area (Å²) in [5, 5.41) is -0.350. The summed E-state index contributed by atoms with van der Waals surface area (Å²) in [6.45, 7) is 1.62. The highest BCUT2D eigenvalue weighted by atomic mass is 32.2. The minimum absolute atomic E-state index is 0.272. The number of rotatable bonds is 5. The lowest BCUT2D eigenvalue weighted by Crippen LogP contribution is -2.25. The topological polar surface area (TPSA) is 70.4 Å². The molecule has 1 aliphatic rings. The second kappa shape index (κ2) is 8.08. The third-order valence-electron chi connectivity index (χ3n) is 3.81. The Labute approximate surface area is 166 Å². The van der Waals surface area contributed by atoms with Crippen LogP contribution in [0.5, 0.6) is 5.75 Å². The summed E-state index contributed by atoms with van der Waals surface area (Å²) >= 11 is 2.43. The van der Waals surface area contributed by atoms with Crippen LogP contribution in [0.2, 0.25) is 0 Å². The van der Waals surface area contributed by atoms with E-state index in [0.717, 1.165) is 29.6 Å². The molecule has 0 spiro atoms. The molecule has 0 unspecified atom stereocenters. The second-order valence-electron chi connectivity index (χ2n) is 5.73. The van der Waals surface area contributed by atoms with Gasteiger partial charge in [0, 0.05) is 12.2 Å². The van der Waals surface area contributed by atoms with Gasteiger partial charge >= 0.3 is 12.3 Å². The number of carbonyl (C=O) groups excluding carboxylic acids is 1. The Morgan fingerprint density at radius 1 is 1.32 bits per heavy atom. The number of fused-ring (bicyclic) bond motifs is 1. The van der Waals surface area contributed by atoms with Crippen LogP contribution in [0.3, 0.4) is 0 Å². The lowest BCUT2D eigenvalue weighted by Gasteiger charge is -2.16. The van der Waals surface area contributed by atoms with Crippen molar-refractivity contribution in [3.05, 3.63) is 40.3 Å². The van der Waals surface area contributed by atoms with Crippen LogP contribution in [0, 0.1) is 0 Å². The Morgan fingerprint density at radius 2 is 2.00 bits per heavy atom. The first-order valence-electron chi connectivity index (χ1n) is 8.09. The van der Waals surface area contributed by atoms with Crippen molar-refractivity contribution in [2.45, 2.75) is 35.0 Å². The number of benzene rings is 1. The van der Waals surface area contributed by atoms with Crippen LogP contribution in [-0.4, -0.2) is 40.0 Å². The number of thioether (sulfide) groups is 2. The Balaban J connectivity index is 2.03. The minimum atomic E-state index is -4.80. The minimum Gasteiger partial charge on any atom is -0.468 e. The van der Waals surface area contributed by atoms with Crippen molar-refractivity contribution in [1.82, 2.24) is 9.55 Å². The number of aromatic nitrogens is 2. The number of hydrogen-bond acceptors (Lipinski definition) is 7. The molecule has 6 nitrogen and oxygen atoms in total. The third kappa shape index (κ3) is 4.46. The standard InChI is InChI=1S/C17H15F3N2O4S2/c1-9(15(24)25-2)28-16-21-12-7-8-27-13(12)14(23)22(16)10-3-5-11(6-4-10)26-17(18,19)20/h3-6,9H,7-8H2,1-2H3/t9-/m1/s1. The summed E-state index contributed by atoms with van der Waals surface area (Å²) in [7, 11) is 1.26. The largest absolute Gasteiger partial charge is 0.573 e. The van der Waals surface area contributed by atoms with E-state index in [0.29, 0.717) is 22.7 Å². The first kappa shape index (κ1) is 20.6. The number of alkyl halides is 3. The van der Waals surface area contributed by atoms with E-state index in [-0.39, 0.29) is 10.7 Å². The normalized spacial score (nSPS) is 14.5. The van der Waals surface area contributed by atoms with E-state index in [4.69, 9.17) is 4.74 Å². The van der Waals surface area contributed by atoms with Gasteiger partial charge in [-0.3, -0.25) is 14.2 Å². The van der Waals surface area contributed by atoms with Crippen molar-refractivity contribution in [3.63, 3.8) is 0 Å². The molecule has 0 bridgehead atoms.